The number of nitrogens with one attached hydrogen (secondary N) is 3. The Morgan fingerprint density at radius 1 is 1.16 bits per heavy atom. The molecule has 2 aromatic rings. The van der Waals surface area contributed by atoms with Gasteiger partial charge in [0.1, 0.15) is 6.04 Å². The normalized spacial score (nSPS) is 15.8. The summed E-state index contributed by atoms with van der Waals surface area (Å²) in [7, 11) is 0. The fraction of sp³-hybridized carbons (Fsp3) is 0.263. The van der Waals surface area contributed by atoms with Crippen LogP contribution in [0.1, 0.15) is 17.5 Å². The van der Waals surface area contributed by atoms with E-state index in [2.05, 4.69) is 16.0 Å². The lowest BCUT2D eigenvalue weighted by Gasteiger charge is -2.27. The van der Waals surface area contributed by atoms with E-state index in [9.17, 15) is 9.59 Å². The highest BCUT2D eigenvalue weighted by molar-refractivity contribution is 7.98. The Balaban J connectivity index is 1.71. The van der Waals surface area contributed by atoms with Crippen LogP contribution < -0.4 is 16.0 Å². The van der Waals surface area contributed by atoms with Crippen molar-refractivity contribution in [3.05, 3.63) is 47.5 Å². The molecule has 1 aliphatic rings. The standard InChI is InChI=1S/C19H21N3O2S/c1-11-8-14-15(9-12(11)2)22-19(24)16(20-14)10-18(23)21-13-6-4-5-7-17(13)25-3/h4-9,16,20H,10H2,1-3H3,(H,21,23)(H,22,24). The maximum atomic E-state index is 12.4. The minimum absolute atomic E-state index is 0.0703. The molecule has 0 bridgehead atoms. The first-order valence-electron chi connectivity index (χ1n) is 8.09. The van der Waals surface area contributed by atoms with Gasteiger partial charge in [-0.15, -0.1) is 11.8 Å². The van der Waals surface area contributed by atoms with Crippen molar-refractivity contribution in [3.63, 3.8) is 0 Å². The highest BCUT2D eigenvalue weighted by atomic mass is 32.2. The van der Waals surface area contributed by atoms with Crippen molar-refractivity contribution in [1.29, 1.82) is 0 Å². The van der Waals surface area contributed by atoms with Gasteiger partial charge < -0.3 is 16.0 Å². The second-order valence-corrected chi connectivity index (χ2v) is 6.97. The molecule has 0 aromatic heterocycles. The number of thioether (sulfide) groups is 1. The zero-order chi connectivity index (χ0) is 18.0. The molecule has 130 valence electrons. The van der Waals surface area contributed by atoms with Crippen molar-refractivity contribution >= 4 is 40.6 Å². The molecule has 0 spiro atoms. The fourth-order valence-electron chi connectivity index (χ4n) is 2.79. The van der Waals surface area contributed by atoms with Crippen molar-refractivity contribution in [2.45, 2.75) is 31.2 Å². The van der Waals surface area contributed by atoms with E-state index in [0.717, 1.165) is 33.1 Å². The number of hydrogen-bond acceptors (Lipinski definition) is 4. The Morgan fingerprint density at radius 2 is 1.84 bits per heavy atom. The number of aryl methyl sites for hydroxylation is 2. The topological polar surface area (TPSA) is 70.2 Å². The largest absolute Gasteiger partial charge is 0.372 e. The Morgan fingerprint density at radius 3 is 2.56 bits per heavy atom. The third-order valence-corrected chi connectivity index (χ3v) is 5.10. The summed E-state index contributed by atoms with van der Waals surface area (Å²) in [5.74, 6) is -0.384. The van der Waals surface area contributed by atoms with Crippen LogP contribution in [-0.2, 0) is 9.59 Å². The summed E-state index contributed by atoms with van der Waals surface area (Å²) >= 11 is 1.57. The molecule has 2 amide bonds. The Bertz CT molecular complexity index is 835. The number of rotatable bonds is 4. The van der Waals surface area contributed by atoms with Gasteiger partial charge in [-0.3, -0.25) is 9.59 Å². The van der Waals surface area contributed by atoms with Gasteiger partial charge in [0.15, 0.2) is 0 Å². The highest BCUT2D eigenvalue weighted by Crippen LogP contribution is 2.31. The van der Waals surface area contributed by atoms with Gasteiger partial charge in [-0.1, -0.05) is 12.1 Å². The van der Waals surface area contributed by atoms with E-state index in [0.29, 0.717) is 0 Å². The molecule has 0 radical (unpaired) electrons. The lowest BCUT2D eigenvalue weighted by molar-refractivity contribution is -0.122. The molecule has 3 rings (SSSR count). The first-order valence-corrected chi connectivity index (χ1v) is 9.32. The number of amides is 2. The SMILES string of the molecule is CSc1ccccc1NC(=O)CC1Nc2cc(C)c(C)cc2NC1=O. The molecule has 25 heavy (non-hydrogen) atoms. The summed E-state index contributed by atoms with van der Waals surface area (Å²) in [4.78, 5) is 25.7. The Hall–Kier alpha value is -2.47. The van der Waals surface area contributed by atoms with Crippen molar-refractivity contribution in [2.75, 3.05) is 22.2 Å². The number of anilines is 3. The zero-order valence-corrected chi connectivity index (χ0v) is 15.3. The molecule has 0 fully saturated rings. The zero-order valence-electron chi connectivity index (χ0n) is 14.5. The molecular weight excluding hydrogens is 334 g/mol. The van der Waals surface area contributed by atoms with Crippen LogP contribution in [0.3, 0.4) is 0 Å². The molecule has 5 nitrogen and oxygen atoms in total. The average molecular weight is 355 g/mol. The first kappa shape index (κ1) is 17.4. The van der Waals surface area contributed by atoms with Crippen LogP contribution >= 0.6 is 11.8 Å². The van der Waals surface area contributed by atoms with Crippen molar-refractivity contribution in [1.82, 2.24) is 0 Å². The van der Waals surface area contributed by atoms with Crippen LogP contribution in [0.5, 0.6) is 0 Å². The van der Waals surface area contributed by atoms with Crippen LogP contribution in [0.15, 0.2) is 41.3 Å². The summed E-state index contributed by atoms with van der Waals surface area (Å²) in [6.07, 6.45) is 2.03. The minimum atomic E-state index is -0.587. The summed E-state index contributed by atoms with van der Waals surface area (Å²) in [6, 6.07) is 11.0. The van der Waals surface area contributed by atoms with Gasteiger partial charge in [-0.25, -0.2) is 0 Å². The molecule has 3 N–H and O–H groups in total. The predicted octanol–water partition coefficient (Wildman–Crippen LogP) is 3.79. The van der Waals surface area contributed by atoms with Gasteiger partial charge in [0.05, 0.1) is 23.5 Å². The molecule has 0 saturated carbocycles. The summed E-state index contributed by atoms with van der Waals surface area (Å²) in [5.41, 5.74) is 4.64. The number of para-hydroxylation sites is 1. The number of benzene rings is 2. The third kappa shape index (κ3) is 3.79. The lowest BCUT2D eigenvalue weighted by atomic mass is 10.0. The maximum Gasteiger partial charge on any atom is 0.247 e. The lowest BCUT2D eigenvalue weighted by Crippen LogP contribution is -2.41. The van der Waals surface area contributed by atoms with E-state index in [4.69, 9.17) is 0 Å². The fourth-order valence-corrected chi connectivity index (χ4v) is 3.34. The molecule has 0 saturated heterocycles. The number of fused-ring (bicyclic) bond motifs is 1. The number of carbonyl (C=O) groups is 2. The predicted molar refractivity (Wildman–Crippen MR) is 103 cm³/mol. The van der Waals surface area contributed by atoms with Crippen LogP contribution in [-0.4, -0.2) is 24.1 Å². The van der Waals surface area contributed by atoms with Gasteiger partial charge in [0.25, 0.3) is 0 Å². The summed E-state index contributed by atoms with van der Waals surface area (Å²) in [5, 5.41) is 8.96. The Labute approximate surface area is 151 Å². The first-order chi connectivity index (χ1) is 12.0. The quantitative estimate of drug-likeness (QED) is 0.730. The van der Waals surface area contributed by atoms with Gasteiger partial charge in [-0.05, 0) is 55.5 Å². The molecule has 1 unspecified atom stereocenters. The van der Waals surface area contributed by atoms with Crippen LogP contribution in [0.2, 0.25) is 0 Å². The van der Waals surface area contributed by atoms with Gasteiger partial charge in [0, 0.05) is 4.90 Å². The number of hydrogen-bond donors (Lipinski definition) is 3. The highest BCUT2D eigenvalue weighted by Gasteiger charge is 2.28. The molecule has 1 heterocycles. The van der Waals surface area contributed by atoms with E-state index < -0.39 is 6.04 Å². The van der Waals surface area contributed by atoms with Crippen molar-refractivity contribution < 1.29 is 9.59 Å². The molecule has 0 aliphatic carbocycles. The summed E-state index contributed by atoms with van der Waals surface area (Å²) in [6.45, 7) is 4.03. The van der Waals surface area contributed by atoms with Crippen molar-refractivity contribution in [2.24, 2.45) is 0 Å². The van der Waals surface area contributed by atoms with Crippen LogP contribution in [0, 0.1) is 13.8 Å². The molecule has 2 aromatic carbocycles. The molecular formula is C19H21N3O2S. The van der Waals surface area contributed by atoms with E-state index in [1.807, 2.05) is 56.5 Å². The van der Waals surface area contributed by atoms with Crippen LogP contribution in [0.25, 0.3) is 0 Å². The molecule has 1 aliphatic heterocycles. The molecule has 1 atom stereocenters. The smallest absolute Gasteiger partial charge is 0.247 e. The van der Waals surface area contributed by atoms with E-state index >= 15 is 0 Å². The number of carbonyl (C=O) groups excluding carboxylic acids is 2. The Kier molecular flexibility index (Phi) is 4.99. The second-order valence-electron chi connectivity index (χ2n) is 6.12. The molecule has 6 heteroatoms. The third-order valence-electron chi connectivity index (χ3n) is 4.31. The van der Waals surface area contributed by atoms with Crippen LogP contribution in [0.4, 0.5) is 17.1 Å². The van der Waals surface area contributed by atoms with E-state index in [1.165, 1.54) is 0 Å². The van der Waals surface area contributed by atoms with Crippen molar-refractivity contribution in [3.8, 4) is 0 Å². The maximum absolute atomic E-state index is 12.4. The van der Waals surface area contributed by atoms with Gasteiger partial charge in [-0.2, -0.15) is 0 Å². The van der Waals surface area contributed by atoms with Gasteiger partial charge >= 0.3 is 0 Å². The van der Waals surface area contributed by atoms with Gasteiger partial charge in [0.2, 0.25) is 11.8 Å². The monoisotopic (exact) mass is 355 g/mol. The summed E-state index contributed by atoms with van der Waals surface area (Å²) < 4.78 is 0. The average Bonchev–Trinajstić information content (AvgIpc) is 2.58. The van der Waals surface area contributed by atoms with E-state index in [-0.39, 0.29) is 18.2 Å². The second kappa shape index (κ2) is 7.19. The minimum Gasteiger partial charge on any atom is -0.372 e. The van der Waals surface area contributed by atoms with E-state index in [1.54, 1.807) is 11.8 Å².